The average Bonchev–Trinajstić information content (AvgIpc) is 2.48. The van der Waals surface area contributed by atoms with Crippen LogP contribution in [0.15, 0.2) is 53.4 Å². The van der Waals surface area contributed by atoms with Crippen molar-refractivity contribution < 1.29 is 18.3 Å². The fourth-order valence-electron chi connectivity index (χ4n) is 1.84. The van der Waals surface area contributed by atoms with Gasteiger partial charge in [0.25, 0.3) is 10.0 Å². The van der Waals surface area contributed by atoms with Crippen molar-refractivity contribution >= 4 is 37.6 Å². The Morgan fingerprint density at radius 2 is 1.64 bits per heavy atom. The summed E-state index contributed by atoms with van der Waals surface area (Å²) in [4.78, 5) is 10.9. The molecule has 0 unspecified atom stereocenters. The van der Waals surface area contributed by atoms with E-state index in [-0.39, 0.29) is 10.5 Å². The van der Waals surface area contributed by atoms with E-state index in [0.717, 1.165) is 17.3 Å². The molecule has 0 aliphatic rings. The van der Waals surface area contributed by atoms with Crippen LogP contribution in [0.5, 0.6) is 0 Å². The topological polar surface area (TPSA) is 83.5 Å². The zero-order chi connectivity index (χ0) is 16.2. The van der Waals surface area contributed by atoms with E-state index < -0.39 is 16.0 Å². The Balaban J connectivity index is 2.18. The maximum absolute atomic E-state index is 12.3. The fraction of sp³-hybridized carbons (Fsp3) is 0.133. The van der Waals surface area contributed by atoms with Crippen LogP contribution in [-0.4, -0.2) is 24.8 Å². The van der Waals surface area contributed by atoms with Crippen LogP contribution in [0.1, 0.15) is 15.9 Å². The lowest BCUT2D eigenvalue weighted by molar-refractivity contribution is 0.0697. The number of carbonyl (C=O) groups is 1. The van der Waals surface area contributed by atoms with Crippen LogP contribution >= 0.6 is 15.9 Å². The molecule has 5 nitrogen and oxygen atoms in total. The van der Waals surface area contributed by atoms with Crippen molar-refractivity contribution in [2.75, 3.05) is 10.1 Å². The summed E-state index contributed by atoms with van der Waals surface area (Å²) in [7, 11) is -3.69. The maximum Gasteiger partial charge on any atom is 0.335 e. The summed E-state index contributed by atoms with van der Waals surface area (Å²) >= 11 is 3.33. The summed E-state index contributed by atoms with van der Waals surface area (Å²) in [6, 6.07) is 12.2. The number of halogens is 1. The van der Waals surface area contributed by atoms with E-state index in [2.05, 4.69) is 20.7 Å². The molecule has 0 heterocycles. The number of carboxylic acid groups (broad SMARTS) is 1. The molecule has 2 aromatic carbocycles. The van der Waals surface area contributed by atoms with E-state index in [1.54, 1.807) is 24.3 Å². The largest absolute Gasteiger partial charge is 0.478 e. The minimum absolute atomic E-state index is 0.0991. The Labute approximate surface area is 137 Å². The smallest absolute Gasteiger partial charge is 0.335 e. The molecule has 0 saturated carbocycles. The third-order valence-electron chi connectivity index (χ3n) is 3.00. The van der Waals surface area contributed by atoms with Crippen LogP contribution in [0.4, 0.5) is 5.69 Å². The van der Waals surface area contributed by atoms with Gasteiger partial charge in [-0.2, -0.15) is 0 Å². The molecular weight excluding hydrogens is 370 g/mol. The number of anilines is 1. The van der Waals surface area contributed by atoms with E-state index in [9.17, 15) is 13.2 Å². The monoisotopic (exact) mass is 383 g/mol. The molecule has 0 aliphatic carbocycles. The average molecular weight is 384 g/mol. The van der Waals surface area contributed by atoms with Crippen molar-refractivity contribution in [2.24, 2.45) is 0 Å². The summed E-state index contributed by atoms with van der Waals surface area (Å²) in [5.74, 6) is -1.06. The zero-order valence-electron chi connectivity index (χ0n) is 11.5. The van der Waals surface area contributed by atoms with Crippen molar-refractivity contribution in [3.8, 4) is 0 Å². The van der Waals surface area contributed by atoms with Crippen LogP contribution in [0.3, 0.4) is 0 Å². The van der Waals surface area contributed by atoms with Gasteiger partial charge in [-0.05, 0) is 48.4 Å². The third-order valence-corrected chi connectivity index (χ3v) is 4.79. The molecule has 2 aromatic rings. The summed E-state index contributed by atoms with van der Waals surface area (Å²) in [6.07, 6.45) is 0.824. The minimum atomic E-state index is -3.69. The van der Waals surface area contributed by atoms with E-state index in [1.165, 1.54) is 24.3 Å². The second-order valence-electron chi connectivity index (χ2n) is 4.57. The molecular formula is C15H14BrNO4S. The SMILES string of the molecule is O=C(O)c1ccc(NS(=O)(=O)c2ccc(CCBr)cc2)cc1. The fourth-order valence-corrected chi connectivity index (χ4v) is 3.36. The van der Waals surface area contributed by atoms with E-state index in [1.807, 2.05) is 0 Å². The van der Waals surface area contributed by atoms with E-state index in [0.29, 0.717) is 5.69 Å². The van der Waals surface area contributed by atoms with Crippen LogP contribution in [0, 0.1) is 0 Å². The Bertz CT molecular complexity index is 755. The second-order valence-corrected chi connectivity index (χ2v) is 7.05. The number of benzene rings is 2. The molecule has 116 valence electrons. The van der Waals surface area contributed by atoms with Crippen molar-refractivity contribution in [3.63, 3.8) is 0 Å². The lowest BCUT2D eigenvalue weighted by Crippen LogP contribution is -2.13. The van der Waals surface area contributed by atoms with Crippen molar-refractivity contribution in [2.45, 2.75) is 11.3 Å². The highest BCUT2D eigenvalue weighted by Gasteiger charge is 2.14. The van der Waals surface area contributed by atoms with Gasteiger partial charge in [0.2, 0.25) is 0 Å². The molecule has 0 atom stereocenters. The Morgan fingerprint density at radius 1 is 1.05 bits per heavy atom. The highest BCUT2D eigenvalue weighted by molar-refractivity contribution is 9.09. The molecule has 0 aliphatic heterocycles. The zero-order valence-corrected chi connectivity index (χ0v) is 13.9. The van der Waals surface area contributed by atoms with Gasteiger partial charge >= 0.3 is 5.97 Å². The van der Waals surface area contributed by atoms with Gasteiger partial charge < -0.3 is 5.11 Å². The molecule has 0 radical (unpaired) electrons. The molecule has 0 saturated heterocycles. The highest BCUT2D eigenvalue weighted by atomic mass is 79.9. The molecule has 22 heavy (non-hydrogen) atoms. The van der Waals surface area contributed by atoms with Crippen LogP contribution in [-0.2, 0) is 16.4 Å². The van der Waals surface area contributed by atoms with Crippen LogP contribution in [0.25, 0.3) is 0 Å². The van der Waals surface area contributed by atoms with E-state index in [4.69, 9.17) is 5.11 Å². The first-order valence-electron chi connectivity index (χ1n) is 6.43. The van der Waals surface area contributed by atoms with Gasteiger partial charge in [0.15, 0.2) is 0 Å². The molecule has 0 bridgehead atoms. The summed E-state index contributed by atoms with van der Waals surface area (Å²) in [6.45, 7) is 0. The van der Waals surface area contributed by atoms with Crippen molar-refractivity contribution in [1.29, 1.82) is 0 Å². The van der Waals surface area contributed by atoms with Gasteiger partial charge in [-0.3, -0.25) is 4.72 Å². The number of nitrogens with one attached hydrogen (secondary N) is 1. The quantitative estimate of drug-likeness (QED) is 0.750. The van der Waals surface area contributed by atoms with E-state index >= 15 is 0 Å². The summed E-state index contributed by atoms with van der Waals surface area (Å²) in [5, 5.41) is 9.63. The number of alkyl halides is 1. The van der Waals surface area contributed by atoms with Crippen molar-refractivity contribution in [1.82, 2.24) is 0 Å². The number of carboxylic acids is 1. The predicted octanol–water partition coefficient (Wildman–Crippen LogP) is 3.12. The Hall–Kier alpha value is -1.86. The van der Waals surface area contributed by atoms with Gasteiger partial charge in [-0.25, -0.2) is 13.2 Å². The molecule has 7 heteroatoms. The van der Waals surface area contributed by atoms with Crippen molar-refractivity contribution in [3.05, 3.63) is 59.7 Å². The number of rotatable bonds is 6. The minimum Gasteiger partial charge on any atom is -0.478 e. The molecule has 0 fully saturated rings. The second kappa shape index (κ2) is 6.93. The lowest BCUT2D eigenvalue weighted by atomic mass is 10.2. The summed E-state index contributed by atoms with van der Waals surface area (Å²) in [5.41, 5.74) is 1.46. The molecule has 0 spiro atoms. The number of hydrogen-bond acceptors (Lipinski definition) is 3. The first-order chi connectivity index (χ1) is 10.4. The van der Waals surface area contributed by atoms with Crippen LogP contribution < -0.4 is 4.72 Å². The van der Waals surface area contributed by atoms with Gasteiger partial charge in [0.05, 0.1) is 10.5 Å². The number of sulfonamides is 1. The predicted molar refractivity (Wildman–Crippen MR) is 88.1 cm³/mol. The number of aromatic carboxylic acids is 1. The maximum atomic E-state index is 12.3. The lowest BCUT2D eigenvalue weighted by Gasteiger charge is -2.09. The molecule has 0 aromatic heterocycles. The van der Waals surface area contributed by atoms with Gasteiger partial charge in [-0.15, -0.1) is 0 Å². The third kappa shape index (κ3) is 4.08. The van der Waals surface area contributed by atoms with Gasteiger partial charge in [0.1, 0.15) is 0 Å². The molecule has 2 N–H and O–H groups in total. The highest BCUT2D eigenvalue weighted by Crippen LogP contribution is 2.17. The van der Waals surface area contributed by atoms with Crippen LogP contribution in [0.2, 0.25) is 0 Å². The standard InChI is InChI=1S/C15H14BrNO4S/c16-10-9-11-1-7-14(8-2-11)22(20,21)17-13-5-3-12(4-6-13)15(18)19/h1-8,17H,9-10H2,(H,18,19). The number of hydrogen-bond donors (Lipinski definition) is 2. The molecule has 0 amide bonds. The summed E-state index contributed by atoms with van der Waals surface area (Å²) < 4.78 is 26.9. The van der Waals surface area contributed by atoms with Gasteiger partial charge in [0, 0.05) is 11.0 Å². The number of aryl methyl sites for hydroxylation is 1. The normalized spacial score (nSPS) is 11.1. The Kier molecular flexibility index (Phi) is 5.20. The van der Waals surface area contributed by atoms with Gasteiger partial charge in [-0.1, -0.05) is 28.1 Å². The molecule has 2 rings (SSSR count). The first kappa shape index (κ1) is 16.5. The first-order valence-corrected chi connectivity index (χ1v) is 9.04. The Morgan fingerprint density at radius 3 is 2.14 bits per heavy atom.